The highest BCUT2D eigenvalue weighted by atomic mass is 16.3. The normalized spacial score (nSPS) is 19.0. The molecular formula is C13H19N3O2. The number of hydrogen-bond donors (Lipinski definition) is 2. The van der Waals surface area contributed by atoms with Crippen molar-refractivity contribution in [3.63, 3.8) is 0 Å². The molecule has 1 aromatic heterocycles. The van der Waals surface area contributed by atoms with Crippen LogP contribution in [0.5, 0.6) is 0 Å². The van der Waals surface area contributed by atoms with E-state index in [1.165, 1.54) is 0 Å². The zero-order chi connectivity index (χ0) is 13.0. The summed E-state index contributed by atoms with van der Waals surface area (Å²) in [5.74, 6) is 1.06. The Kier molecular flexibility index (Phi) is 4.15. The molecule has 0 saturated carbocycles. The summed E-state index contributed by atoms with van der Waals surface area (Å²) in [6, 6.07) is 3.57. The van der Waals surface area contributed by atoms with E-state index in [-0.39, 0.29) is 12.5 Å². The maximum atomic E-state index is 12.4. The highest BCUT2D eigenvalue weighted by Crippen LogP contribution is 2.22. The van der Waals surface area contributed by atoms with Crippen molar-refractivity contribution in [3.8, 4) is 0 Å². The summed E-state index contributed by atoms with van der Waals surface area (Å²) in [5.41, 5.74) is 0.615. The first-order chi connectivity index (χ1) is 8.76. The number of aromatic nitrogens is 1. The Morgan fingerprint density at radius 2 is 2.50 bits per heavy atom. The predicted molar refractivity (Wildman–Crippen MR) is 69.5 cm³/mol. The van der Waals surface area contributed by atoms with Gasteiger partial charge in [-0.1, -0.05) is 0 Å². The smallest absolute Gasteiger partial charge is 0.257 e. The van der Waals surface area contributed by atoms with Gasteiger partial charge in [0.1, 0.15) is 5.82 Å². The molecule has 0 aromatic carbocycles. The van der Waals surface area contributed by atoms with Gasteiger partial charge in [0.15, 0.2) is 0 Å². The van der Waals surface area contributed by atoms with Crippen molar-refractivity contribution < 1.29 is 9.90 Å². The maximum Gasteiger partial charge on any atom is 0.257 e. The number of nitrogens with zero attached hydrogens (tertiary/aromatic N) is 2. The van der Waals surface area contributed by atoms with Crippen LogP contribution in [0.3, 0.4) is 0 Å². The van der Waals surface area contributed by atoms with Gasteiger partial charge in [0, 0.05) is 32.9 Å². The lowest BCUT2D eigenvalue weighted by Gasteiger charge is -2.17. The summed E-state index contributed by atoms with van der Waals surface area (Å²) in [6.45, 7) is 1.69. The van der Waals surface area contributed by atoms with E-state index in [1.54, 1.807) is 25.4 Å². The number of pyridine rings is 1. The summed E-state index contributed by atoms with van der Waals surface area (Å²) < 4.78 is 0. The van der Waals surface area contributed by atoms with Gasteiger partial charge in [-0.25, -0.2) is 4.98 Å². The van der Waals surface area contributed by atoms with Crippen molar-refractivity contribution >= 4 is 11.7 Å². The number of aliphatic hydroxyl groups excluding tert-OH is 1. The minimum absolute atomic E-state index is 0.0212. The number of amides is 1. The van der Waals surface area contributed by atoms with E-state index in [4.69, 9.17) is 5.11 Å². The molecule has 5 heteroatoms. The van der Waals surface area contributed by atoms with Gasteiger partial charge < -0.3 is 15.3 Å². The number of carbonyl (C=O) groups is 1. The SMILES string of the molecule is CNc1ncccc1C(=O)N1CCC(CCO)C1. The van der Waals surface area contributed by atoms with Gasteiger partial charge in [0.05, 0.1) is 5.56 Å². The van der Waals surface area contributed by atoms with Crippen LogP contribution in [0.2, 0.25) is 0 Å². The van der Waals surface area contributed by atoms with Crippen molar-refractivity contribution in [2.45, 2.75) is 12.8 Å². The van der Waals surface area contributed by atoms with E-state index < -0.39 is 0 Å². The Hall–Kier alpha value is -1.62. The van der Waals surface area contributed by atoms with Crippen molar-refractivity contribution in [2.24, 2.45) is 5.92 Å². The molecule has 1 aromatic rings. The fourth-order valence-corrected chi connectivity index (χ4v) is 2.38. The third-order valence-corrected chi connectivity index (χ3v) is 3.39. The Morgan fingerprint density at radius 3 is 3.22 bits per heavy atom. The second-order valence-corrected chi connectivity index (χ2v) is 4.57. The Balaban J connectivity index is 2.08. The van der Waals surface area contributed by atoms with E-state index in [0.29, 0.717) is 17.3 Å². The molecule has 1 fully saturated rings. The maximum absolute atomic E-state index is 12.4. The second-order valence-electron chi connectivity index (χ2n) is 4.57. The molecule has 18 heavy (non-hydrogen) atoms. The lowest BCUT2D eigenvalue weighted by Crippen LogP contribution is -2.29. The van der Waals surface area contributed by atoms with Crippen LogP contribution < -0.4 is 5.32 Å². The fraction of sp³-hybridized carbons (Fsp3) is 0.538. The first-order valence-corrected chi connectivity index (χ1v) is 6.29. The van der Waals surface area contributed by atoms with E-state index in [2.05, 4.69) is 10.3 Å². The van der Waals surface area contributed by atoms with Crippen LogP contribution in [0.1, 0.15) is 23.2 Å². The minimum Gasteiger partial charge on any atom is -0.396 e. The summed E-state index contributed by atoms with van der Waals surface area (Å²) in [5, 5.41) is 11.9. The number of anilines is 1. The van der Waals surface area contributed by atoms with Crippen LogP contribution >= 0.6 is 0 Å². The topological polar surface area (TPSA) is 65.5 Å². The largest absolute Gasteiger partial charge is 0.396 e. The molecule has 1 unspecified atom stereocenters. The average Bonchev–Trinajstić information content (AvgIpc) is 2.87. The molecule has 0 radical (unpaired) electrons. The highest BCUT2D eigenvalue weighted by Gasteiger charge is 2.27. The number of carbonyl (C=O) groups excluding carboxylic acids is 1. The van der Waals surface area contributed by atoms with Crippen LogP contribution in [0.15, 0.2) is 18.3 Å². The Labute approximate surface area is 107 Å². The van der Waals surface area contributed by atoms with Gasteiger partial charge in [0.25, 0.3) is 5.91 Å². The van der Waals surface area contributed by atoms with Crippen molar-refractivity contribution in [1.82, 2.24) is 9.88 Å². The molecule has 1 aliphatic rings. The van der Waals surface area contributed by atoms with Crippen LogP contribution in [0.25, 0.3) is 0 Å². The molecule has 1 aliphatic heterocycles. The molecule has 98 valence electrons. The number of rotatable bonds is 4. The summed E-state index contributed by atoms with van der Waals surface area (Å²) >= 11 is 0. The van der Waals surface area contributed by atoms with Crippen LogP contribution in [0.4, 0.5) is 5.82 Å². The molecule has 2 heterocycles. The van der Waals surface area contributed by atoms with Crippen LogP contribution in [-0.4, -0.2) is 47.6 Å². The van der Waals surface area contributed by atoms with E-state index in [1.807, 2.05) is 4.90 Å². The van der Waals surface area contributed by atoms with Gasteiger partial charge in [-0.15, -0.1) is 0 Å². The van der Waals surface area contributed by atoms with E-state index in [0.717, 1.165) is 25.9 Å². The van der Waals surface area contributed by atoms with Crippen molar-refractivity contribution in [3.05, 3.63) is 23.9 Å². The van der Waals surface area contributed by atoms with Gasteiger partial charge in [-0.2, -0.15) is 0 Å². The van der Waals surface area contributed by atoms with Gasteiger partial charge in [0.2, 0.25) is 0 Å². The first kappa shape index (κ1) is 12.8. The van der Waals surface area contributed by atoms with Gasteiger partial charge in [-0.05, 0) is 30.9 Å². The van der Waals surface area contributed by atoms with Crippen molar-refractivity contribution in [2.75, 3.05) is 32.1 Å². The number of hydrogen-bond acceptors (Lipinski definition) is 4. The third kappa shape index (κ3) is 2.61. The quantitative estimate of drug-likeness (QED) is 0.834. The number of aliphatic hydroxyl groups is 1. The Morgan fingerprint density at radius 1 is 1.67 bits per heavy atom. The molecular weight excluding hydrogens is 230 g/mol. The van der Waals surface area contributed by atoms with E-state index >= 15 is 0 Å². The zero-order valence-electron chi connectivity index (χ0n) is 10.6. The lowest BCUT2D eigenvalue weighted by atomic mass is 10.1. The summed E-state index contributed by atoms with van der Waals surface area (Å²) in [4.78, 5) is 18.4. The average molecular weight is 249 g/mol. The highest BCUT2D eigenvalue weighted by molar-refractivity contribution is 5.98. The second kappa shape index (κ2) is 5.82. The monoisotopic (exact) mass is 249 g/mol. The van der Waals surface area contributed by atoms with Gasteiger partial charge in [-0.3, -0.25) is 4.79 Å². The Bertz CT molecular complexity index is 422. The zero-order valence-corrected chi connectivity index (χ0v) is 10.6. The molecule has 2 rings (SSSR count). The fourth-order valence-electron chi connectivity index (χ4n) is 2.38. The van der Waals surface area contributed by atoms with Crippen LogP contribution in [-0.2, 0) is 0 Å². The number of likely N-dealkylation sites (tertiary alicyclic amines) is 1. The van der Waals surface area contributed by atoms with Crippen LogP contribution in [0, 0.1) is 5.92 Å². The van der Waals surface area contributed by atoms with Gasteiger partial charge >= 0.3 is 0 Å². The molecule has 0 aliphatic carbocycles. The van der Waals surface area contributed by atoms with Crippen molar-refractivity contribution in [1.29, 1.82) is 0 Å². The lowest BCUT2D eigenvalue weighted by molar-refractivity contribution is 0.0785. The molecule has 0 bridgehead atoms. The molecule has 1 amide bonds. The van der Waals surface area contributed by atoms with E-state index in [9.17, 15) is 4.79 Å². The number of nitrogens with one attached hydrogen (secondary N) is 1. The molecule has 0 spiro atoms. The molecule has 1 saturated heterocycles. The first-order valence-electron chi connectivity index (χ1n) is 6.29. The summed E-state index contributed by atoms with van der Waals surface area (Å²) in [6.07, 6.45) is 3.41. The predicted octanol–water partition coefficient (Wildman–Crippen LogP) is 0.968. The molecule has 5 nitrogen and oxygen atoms in total. The summed E-state index contributed by atoms with van der Waals surface area (Å²) in [7, 11) is 1.76. The standard InChI is InChI=1S/C13H19N3O2/c1-14-12-11(3-2-6-15-12)13(18)16-7-4-10(9-16)5-8-17/h2-3,6,10,17H,4-5,7-9H2,1H3,(H,14,15). The molecule has 1 atom stereocenters. The molecule has 2 N–H and O–H groups in total. The minimum atomic E-state index is 0.0212. The third-order valence-electron chi connectivity index (χ3n) is 3.39.